The summed E-state index contributed by atoms with van der Waals surface area (Å²) >= 11 is 0. The number of hydrazine groups is 1. The van der Waals surface area contributed by atoms with Crippen molar-refractivity contribution in [3.8, 4) is 17.2 Å². The van der Waals surface area contributed by atoms with E-state index in [4.69, 9.17) is 9.15 Å². The second-order valence-electron chi connectivity index (χ2n) is 8.73. The SMILES string of the molecule is Cc1oc(-c2ccc(OC(C)C)cc2)nc1CN1C=CN2NC(c3ccccc3)CC2C1=O. The Bertz CT molecular complexity index is 1150. The highest BCUT2D eigenvalue weighted by atomic mass is 16.5. The highest BCUT2D eigenvalue weighted by Gasteiger charge is 2.40. The summed E-state index contributed by atoms with van der Waals surface area (Å²) in [6.45, 7) is 6.25. The monoisotopic (exact) mass is 444 g/mol. The predicted molar refractivity (Wildman–Crippen MR) is 125 cm³/mol. The number of nitrogens with one attached hydrogen (secondary N) is 1. The van der Waals surface area contributed by atoms with Crippen molar-refractivity contribution in [3.05, 3.63) is 84.0 Å². The number of carbonyl (C=O) groups is 1. The van der Waals surface area contributed by atoms with Gasteiger partial charge in [-0.1, -0.05) is 30.3 Å². The Kier molecular flexibility index (Phi) is 5.64. The topological polar surface area (TPSA) is 70.8 Å². The van der Waals surface area contributed by atoms with Crippen molar-refractivity contribution < 1.29 is 13.9 Å². The molecule has 33 heavy (non-hydrogen) atoms. The maximum Gasteiger partial charge on any atom is 0.251 e. The third-order valence-electron chi connectivity index (χ3n) is 5.96. The molecule has 2 aliphatic rings. The maximum absolute atomic E-state index is 13.2. The van der Waals surface area contributed by atoms with Crippen LogP contribution in [0.5, 0.6) is 5.75 Å². The first-order valence-electron chi connectivity index (χ1n) is 11.3. The van der Waals surface area contributed by atoms with Gasteiger partial charge in [0.2, 0.25) is 5.89 Å². The average molecular weight is 445 g/mol. The van der Waals surface area contributed by atoms with E-state index >= 15 is 0 Å². The molecule has 2 atom stereocenters. The average Bonchev–Trinajstić information content (AvgIpc) is 3.41. The van der Waals surface area contributed by atoms with Crippen molar-refractivity contribution in [1.82, 2.24) is 20.3 Å². The van der Waals surface area contributed by atoms with Gasteiger partial charge in [-0.2, -0.15) is 0 Å². The Morgan fingerprint density at radius 3 is 2.61 bits per heavy atom. The highest BCUT2D eigenvalue weighted by molar-refractivity contribution is 5.84. The summed E-state index contributed by atoms with van der Waals surface area (Å²) in [4.78, 5) is 19.6. The van der Waals surface area contributed by atoms with Crippen LogP contribution in [-0.4, -0.2) is 32.9 Å². The van der Waals surface area contributed by atoms with Crippen LogP contribution >= 0.6 is 0 Å². The van der Waals surface area contributed by atoms with E-state index in [-0.39, 0.29) is 24.1 Å². The maximum atomic E-state index is 13.2. The summed E-state index contributed by atoms with van der Waals surface area (Å²) in [6.07, 6.45) is 4.58. The summed E-state index contributed by atoms with van der Waals surface area (Å²) < 4.78 is 11.6. The number of ether oxygens (including phenoxy) is 1. The molecule has 0 aliphatic carbocycles. The largest absolute Gasteiger partial charge is 0.491 e. The van der Waals surface area contributed by atoms with Crippen molar-refractivity contribution in [2.75, 3.05) is 0 Å². The van der Waals surface area contributed by atoms with E-state index in [2.05, 4.69) is 22.5 Å². The smallest absolute Gasteiger partial charge is 0.251 e. The Morgan fingerprint density at radius 2 is 1.88 bits per heavy atom. The molecular weight excluding hydrogens is 416 g/mol. The molecule has 170 valence electrons. The number of amides is 1. The molecule has 3 aromatic rings. The molecule has 2 unspecified atom stereocenters. The van der Waals surface area contributed by atoms with Crippen LogP contribution in [0.2, 0.25) is 0 Å². The number of aryl methyl sites for hydroxylation is 1. The molecule has 1 N–H and O–H groups in total. The Balaban J connectivity index is 1.28. The molecule has 2 aromatic carbocycles. The van der Waals surface area contributed by atoms with Crippen molar-refractivity contribution in [2.45, 2.75) is 51.9 Å². The molecule has 7 heteroatoms. The first-order chi connectivity index (χ1) is 16.0. The molecule has 1 fully saturated rings. The van der Waals surface area contributed by atoms with Gasteiger partial charge in [-0.15, -0.1) is 0 Å². The lowest BCUT2D eigenvalue weighted by molar-refractivity contribution is -0.135. The minimum absolute atomic E-state index is 0.0579. The zero-order chi connectivity index (χ0) is 22.9. The number of hydrogen-bond donors (Lipinski definition) is 1. The van der Waals surface area contributed by atoms with Crippen LogP contribution in [-0.2, 0) is 11.3 Å². The molecule has 7 nitrogen and oxygen atoms in total. The number of benzene rings is 2. The minimum Gasteiger partial charge on any atom is -0.491 e. The molecule has 5 rings (SSSR count). The molecule has 1 saturated heterocycles. The van der Waals surface area contributed by atoms with Crippen LogP contribution in [0.15, 0.2) is 71.4 Å². The van der Waals surface area contributed by atoms with Gasteiger partial charge < -0.3 is 19.1 Å². The Morgan fingerprint density at radius 1 is 1.12 bits per heavy atom. The molecule has 3 heterocycles. The minimum atomic E-state index is -0.236. The van der Waals surface area contributed by atoms with Crippen LogP contribution in [0.4, 0.5) is 0 Å². The van der Waals surface area contributed by atoms with E-state index in [1.807, 2.05) is 80.6 Å². The third kappa shape index (κ3) is 4.36. The molecule has 0 spiro atoms. The van der Waals surface area contributed by atoms with E-state index < -0.39 is 0 Å². The van der Waals surface area contributed by atoms with Crippen molar-refractivity contribution >= 4 is 5.91 Å². The standard InChI is InChI=1S/C26H28N4O3/c1-17(2)32-21-11-9-20(10-12-21)25-27-23(18(3)33-25)16-29-13-14-30-24(26(29)31)15-22(28-30)19-7-5-4-6-8-19/h4-14,17,22,24,28H,15-16H2,1-3H3. The first-order valence-corrected chi connectivity index (χ1v) is 11.3. The lowest BCUT2D eigenvalue weighted by Crippen LogP contribution is -2.47. The number of hydrogen-bond acceptors (Lipinski definition) is 6. The molecule has 0 radical (unpaired) electrons. The highest BCUT2D eigenvalue weighted by Crippen LogP contribution is 2.32. The molecule has 1 amide bonds. The van der Waals surface area contributed by atoms with Gasteiger partial charge in [0.25, 0.3) is 5.91 Å². The molecule has 1 aromatic heterocycles. The van der Waals surface area contributed by atoms with E-state index in [1.165, 1.54) is 5.56 Å². The van der Waals surface area contributed by atoms with E-state index in [9.17, 15) is 4.79 Å². The molecule has 0 bridgehead atoms. The predicted octanol–water partition coefficient (Wildman–Crippen LogP) is 4.57. The van der Waals surface area contributed by atoms with Crippen molar-refractivity contribution in [1.29, 1.82) is 0 Å². The summed E-state index contributed by atoms with van der Waals surface area (Å²) in [5.41, 5.74) is 6.24. The van der Waals surface area contributed by atoms with Crippen molar-refractivity contribution in [3.63, 3.8) is 0 Å². The fourth-order valence-electron chi connectivity index (χ4n) is 4.28. The summed E-state index contributed by atoms with van der Waals surface area (Å²) in [5.74, 6) is 2.12. The van der Waals surface area contributed by atoms with Gasteiger partial charge in [0.1, 0.15) is 23.2 Å². The van der Waals surface area contributed by atoms with Gasteiger partial charge >= 0.3 is 0 Å². The number of aromatic nitrogens is 1. The number of oxazole rings is 1. The van der Waals surface area contributed by atoms with Gasteiger partial charge in [-0.05, 0) is 57.0 Å². The summed E-state index contributed by atoms with van der Waals surface area (Å²) in [7, 11) is 0. The first kappa shape index (κ1) is 21.3. The fourth-order valence-corrected chi connectivity index (χ4v) is 4.28. The van der Waals surface area contributed by atoms with E-state index in [1.54, 1.807) is 4.90 Å². The second-order valence-corrected chi connectivity index (χ2v) is 8.73. The summed E-state index contributed by atoms with van der Waals surface area (Å²) in [5, 5.41) is 1.92. The third-order valence-corrected chi connectivity index (χ3v) is 5.96. The normalized spacial score (nSPS) is 19.9. The van der Waals surface area contributed by atoms with E-state index in [0.717, 1.165) is 23.4 Å². The van der Waals surface area contributed by atoms with Crippen LogP contribution < -0.4 is 10.2 Å². The Labute approximate surface area is 193 Å². The number of carbonyl (C=O) groups excluding carboxylic acids is 1. The second kappa shape index (κ2) is 8.75. The van der Waals surface area contributed by atoms with Gasteiger partial charge in [-0.25, -0.2) is 10.4 Å². The zero-order valence-electron chi connectivity index (χ0n) is 19.1. The van der Waals surface area contributed by atoms with Crippen molar-refractivity contribution in [2.24, 2.45) is 0 Å². The van der Waals surface area contributed by atoms with Crippen LogP contribution in [0, 0.1) is 6.92 Å². The van der Waals surface area contributed by atoms with Crippen LogP contribution in [0.1, 0.15) is 43.3 Å². The lowest BCUT2D eigenvalue weighted by atomic mass is 10.0. The summed E-state index contributed by atoms with van der Waals surface area (Å²) in [6, 6.07) is 17.8. The van der Waals surface area contributed by atoms with E-state index in [0.29, 0.717) is 18.2 Å². The fraction of sp³-hybridized carbons (Fsp3) is 0.308. The van der Waals surface area contributed by atoms with Crippen LogP contribution in [0.25, 0.3) is 11.5 Å². The zero-order valence-corrected chi connectivity index (χ0v) is 19.1. The molecule has 2 aliphatic heterocycles. The molecular formula is C26H28N4O3. The van der Waals surface area contributed by atoms with Gasteiger partial charge in [0.05, 0.1) is 18.7 Å². The van der Waals surface area contributed by atoms with Gasteiger partial charge in [-0.3, -0.25) is 4.79 Å². The van der Waals surface area contributed by atoms with Gasteiger partial charge in [0.15, 0.2) is 0 Å². The number of rotatable bonds is 6. The lowest BCUT2D eigenvalue weighted by Gasteiger charge is -2.31. The number of fused-ring (bicyclic) bond motifs is 1. The number of nitrogens with zero attached hydrogens (tertiary/aromatic N) is 3. The van der Waals surface area contributed by atoms with Crippen LogP contribution in [0.3, 0.4) is 0 Å². The molecule has 0 saturated carbocycles. The quantitative estimate of drug-likeness (QED) is 0.601. The Hall–Kier alpha value is -3.58. The van der Waals surface area contributed by atoms with Gasteiger partial charge in [0, 0.05) is 18.0 Å².